The lowest BCUT2D eigenvalue weighted by molar-refractivity contribution is -0.275. The second-order valence-corrected chi connectivity index (χ2v) is 7.97. The van der Waals surface area contributed by atoms with E-state index in [-0.39, 0.29) is 26.9 Å². The maximum Gasteiger partial charge on any atom is 0.435 e. The van der Waals surface area contributed by atoms with E-state index in [1.54, 1.807) is 6.92 Å². The summed E-state index contributed by atoms with van der Waals surface area (Å²) < 4.78 is 42.4. The molecule has 1 N–H and O–H groups in total. The van der Waals surface area contributed by atoms with Crippen LogP contribution in [-0.4, -0.2) is 23.0 Å². The molecule has 0 amide bonds. The number of aromatic carboxylic acids is 1. The number of carboxylic acid groups (broad SMARTS) is 1. The Balaban J connectivity index is 2.07. The van der Waals surface area contributed by atoms with E-state index < -0.39 is 24.2 Å². The number of carbonyl (C=O) groups is 1. The van der Waals surface area contributed by atoms with E-state index in [2.05, 4.69) is 21.1 Å². The number of rotatable bonds is 3. The first kappa shape index (κ1) is 21.0. The molecule has 0 fully saturated rings. The zero-order valence-electron chi connectivity index (χ0n) is 14.1. The van der Waals surface area contributed by atoms with Gasteiger partial charge in [0.2, 0.25) is 0 Å². The van der Waals surface area contributed by atoms with Crippen molar-refractivity contribution in [2.24, 2.45) is 5.16 Å². The Hall–Kier alpha value is -1.77. The Kier molecular flexibility index (Phi) is 5.42. The lowest BCUT2D eigenvalue weighted by atomic mass is 9.86. The van der Waals surface area contributed by atoms with Gasteiger partial charge in [-0.25, -0.2) is 4.79 Å². The Morgan fingerprint density at radius 2 is 1.82 bits per heavy atom. The predicted octanol–water partition coefficient (Wildman–Crippen LogP) is 6.34. The van der Waals surface area contributed by atoms with Gasteiger partial charge in [-0.05, 0) is 42.8 Å². The standard InChI is InChI=1S/C18H11BrCl2F3NO3/c1-8-2-13(14(19)6-12(8)16(26)27)15-7-17(28-25-15,18(22,23)24)9-3-10(20)5-11(21)4-9/h2-6H,7H2,1H3,(H,26,27). The third-order valence-electron chi connectivity index (χ3n) is 4.37. The minimum absolute atomic E-state index is 0.0142. The van der Waals surface area contributed by atoms with E-state index in [4.69, 9.17) is 28.0 Å². The van der Waals surface area contributed by atoms with Crippen molar-refractivity contribution in [2.45, 2.75) is 25.1 Å². The molecule has 1 unspecified atom stereocenters. The van der Waals surface area contributed by atoms with Gasteiger partial charge in [0.1, 0.15) is 0 Å². The van der Waals surface area contributed by atoms with Crippen LogP contribution in [0.1, 0.15) is 33.5 Å². The SMILES string of the molecule is Cc1cc(C2=NOC(c3cc(Cl)cc(Cl)c3)(C(F)(F)F)C2)c(Br)cc1C(=O)O. The van der Waals surface area contributed by atoms with E-state index in [9.17, 15) is 23.1 Å². The van der Waals surface area contributed by atoms with Gasteiger partial charge in [0.15, 0.2) is 0 Å². The van der Waals surface area contributed by atoms with E-state index in [0.717, 1.165) is 12.1 Å². The average Bonchev–Trinajstić information content (AvgIpc) is 3.01. The number of carboxylic acids is 1. The van der Waals surface area contributed by atoms with E-state index in [1.807, 2.05) is 0 Å². The Bertz CT molecular complexity index is 990. The highest BCUT2D eigenvalue weighted by atomic mass is 79.9. The van der Waals surface area contributed by atoms with Gasteiger partial charge in [0.25, 0.3) is 5.60 Å². The fourth-order valence-corrected chi connectivity index (χ4v) is 4.07. The summed E-state index contributed by atoms with van der Waals surface area (Å²) in [5.74, 6) is -1.15. The molecule has 2 aromatic rings. The molecule has 2 aromatic carbocycles. The highest BCUT2D eigenvalue weighted by Crippen LogP contribution is 2.50. The molecule has 148 valence electrons. The van der Waals surface area contributed by atoms with Gasteiger partial charge in [0, 0.05) is 25.6 Å². The molecule has 0 saturated carbocycles. The molecule has 0 spiro atoms. The van der Waals surface area contributed by atoms with E-state index in [1.165, 1.54) is 18.2 Å². The summed E-state index contributed by atoms with van der Waals surface area (Å²) in [6.07, 6.45) is -5.44. The zero-order chi connectivity index (χ0) is 20.9. The Labute approximate surface area is 176 Å². The van der Waals surface area contributed by atoms with Crippen molar-refractivity contribution in [1.82, 2.24) is 0 Å². The Morgan fingerprint density at radius 3 is 2.36 bits per heavy atom. The first-order valence-electron chi connectivity index (χ1n) is 7.77. The average molecular weight is 497 g/mol. The lowest BCUT2D eigenvalue weighted by Crippen LogP contribution is -2.42. The van der Waals surface area contributed by atoms with Gasteiger partial charge in [-0.2, -0.15) is 13.2 Å². The van der Waals surface area contributed by atoms with Crippen molar-refractivity contribution >= 4 is 50.8 Å². The zero-order valence-corrected chi connectivity index (χ0v) is 17.2. The van der Waals surface area contributed by atoms with Crippen LogP contribution in [0.25, 0.3) is 0 Å². The second kappa shape index (κ2) is 7.24. The van der Waals surface area contributed by atoms with Gasteiger partial charge in [-0.1, -0.05) is 44.3 Å². The molecule has 3 rings (SSSR count). The monoisotopic (exact) mass is 495 g/mol. The quantitative estimate of drug-likeness (QED) is 0.539. The molecular weight excluding hydrogens is 486 g/mol. The topological polar surface area (TPSA) is 58.9 Å². The third kappa shape index (κ3) is 3.60. The van der Waals surface area contributed by atoms with E-state index in [0.29, 0.717) is 15.6 Å². The number of hydrogen-bond acceptors (Lipinski definition) is 3. The van der Waals surface area contributed by atoms with Gasteiger partial charge < -0.3 is 9.94 Å². The van der Waals surface area contributed by atoms with Gasteiger partial charge in [-0.15, -0.1) is 0 Å². The van der Waals surface area contributed by atoms with Gasteiger partial charge in [-0.3, -0.25) is 0 Å². The molecule has 1 aliphatic heterocycles. The fraction of sp³-hybridized carbons (Fsp3) is 0.222. The first-order valence-corrected chi connectivity index (χ1v) is 9.31. The van der Waals surface area contributed by atoms with Crippen LogP contribution in [0.15, 0.2) is 40.0 Å². The highest BCUT2D eigenvalue weighted by Gasteiger charge is 2.62. The molecule has 10 heteroatoms. The number of benzene rings is 2. The van der Waals surface area contributed by atoms with Crippen molar-refractivity contribution < 1.29 is 27.9 Å². The summed E-state index contributed by atoms with van der Waals surface area (Å²) in [6, 6.07) is 6.35. The van der Waals surface area contributed by atoms with Crippen molar-refractivity contribution in [3.63, 3.8) is 0 Å². The predicted molar refractivity (Wildman–Crippen MR) is 102 cm³/mol. The molecule has 0 aromatic heterocycles. The maximum atomic E-state index is 14.0. The van der Waals surface area contributed by atoms with Crippen LogP contribution in [0.4, 0.5) is 13.2 Å². The second-order valence-electron chi connectivity index (χ2n) is 6.24. The minimum Gasteiger partial charge on any atom is -0.478 e. The molecule has 0 saturated heterocycles. The summed E-state index contributed by atoms with van der Waals surface area (Å²) >= 11 is 15.0. The van der Waals surface area contributed by atoms with Crippen LogP contribution in [0, 0.1) is 6.92 Å². The Morgan fingerprint density at radius 1 is 1.21 bits per heavy atom. The number of aryl methyl sites for hydroxylation is 1. The van der Waals surface area contributed by atoms with Crippen LogP contribution in [0.3, 0.4) is 0 Å². The molecule has 4 nitrogen and oxygen atoms in total. The van der Waals surface area contributed by atoms with Gasteiger partial charge in [0.05, 0.1) is 17.7 Å². The lowest BCUT2D eigenvalue weighted by Gasteiger charge is -2.29. The van der Waals surface area contributed by atoms with Crippen molar-refractivity contribution in [1.29, 1.82) is 0 Å². The molecule has 1 heterocycles. The number of nitrogens with zero attached hydrogens (tertiary/aromatic N) is 1. The summed E-state index contributed by atoms with van der Waals surface area (Å²) in [5, 5.41) is 12.9. The summed E-state index contributed by atoms with van der Waals surface area (Å²) in [5.41, 5.74) is -2.30. The first-order chi connectivity index (χ1) is 12.9. The van der Waals surface area contributed by atoms with Crippen molar-refractivity contribution in [3.8, 4) is 0 Å². The molecule has 0 bridgehead atoms. The van der Waals surface area contributed by atoms with Gasteiger partial charge >= 0.3 is 12.1 Å². The minimum atomic E-state index is -4.81. The number of alkyl halides is 3. The highest BCUT2D eigenvalue weighted by molar-refractivity contribution is 9.10. The summed E-state index contributed by atoms with van der Waals surface area (Å²) in [4.78, 5) is 16.2. The van der Waals surface area contributed by atoms with Crippen LogP contribution in [0.2, 0.25) is 10.0 Å². The summed E-state index contributed by atoms with van der Waals surface area (Å²) in [6.45, 7) is 1.55. The molecule has 0 radical (unpaired) electrons. The molecule has 1 atom stereocenters. The maximum absolute atomic E-state index is 14.0. The van der Waals surface area contributed by atoms with Crippen LogP contribution in [-0.2, 0) is 10.4 Å². The summed E-state index contributed by atoms with van der Waals surface area (Å²) in [7, 11) is 0. The fourth-order valence-electron chi connectivity index (χ4n) is 2.97. The molecule has 1 aliphatic rings. The normalized spacial score (nSPS) is 19.3. The van der Waals surface area contributed by atoms with Crippen LogP contribution in [0.5, 0.6) is 0 Å². The smallest absolute Gasteiger partial charge is 0.435 e. The molecular formula is C18H11BrCl2F3NO3. The largest absolute Gasteiger partial charge is 0.478 e. The van der Waals surface area contributed by atoms with E-state index >= 15 is 0 Å². The number of halogens is 6. The molecule has 28 heavy (non-hydrogen) atoms. The molecule has 0 aliphatic carbocycles. The third-order valence-corrected chi connectivity index (χ3v) is 5.46. The number of hydrogen-bond donors (Lipinski definition) is 1. The number of oxime groups is 1. The van der Waals surface area contributed by atoms with Crippen LogP contribution < -0.4 is 0 Å². The van der Waals surface area contributed by atoms with Crippen LogP contribution >= 0.6 is 39.1 Å². The van der Waals surface area contributed by atoms with Crippen molar-refractivity contribution in [2.75, 3.05) is 0 Å². The van der Waals surface area contributed by atoms with Crippen molar-refractivity contribution in [3.05, 3.63) is 67.1 Å².